The van der Waals surface area contributed by atoms with Gasteiger partial charge in [0, 0.05) is 10.7 Å². The second-order valence-electron chi connectivity index (χ2n) is 5.25. The number of phenolic OH excluding ortho intramolecular Hbond substituents is 1. The molecule has 1 amide bonds. The first kappa shape index (κ1) is 17.0. The van der Waals surface area contributed by atoms with Crippen LogP contribution in [-0.2, 0) is 0 Å². The number of fused-ring (bicyclic) bond motifs is 1. The van der Waals surface area contributed by atoms with Crippen LogP contribution in [0.1, 0.15) is 21.7 Å². The number of hydrogen-bond donors (Lipinski definition) is 2. The van der Waals surface area contributed by atoms with E-state index >= 15 is 0 Å². The Morgan fingerprint density at radius 3 is 2.96 bits per heavy atom. The fourth-order valence-electron chi connectivity index (χ4n) is 2.40. The number of nitrogens with one attached hydrogen (secondary N) is 1. The lowest BCUT2D eigenvalue weighted by Gasteiger charge is -2.04. The first-order valence-corrected chi connectivity index (χ1v) is 8.13. The highest BCUT2D eigenvalue weighted by atomic mass is 79.9. The van der Waals surface area contributed by atoms with Gasteiger partial charge in [-0.3, -0.25) is 9.20 Å². The van der Waals surface area contributed by atoms with Crippen LogP contribution < -0.4 is 10.2 Å². The van der Waals surface area contributed by atoms with E-state index in [-0.39, 0.29) is 11.7 Å². The van der Waals surface area contributed by atoms with E-state index in [4.69, 9.17) is 4.74 Å². The zero-order chi connectivity index (χ0) is 18.0. The number of aryl methyl sites for hydroxylation is 1. The number of hydrazone groups is 1. The van der Waals surface area contributed by atoms with Gasteiger partial charge in [0.05, 0.1) is 19.0 Å². The number of phenols is 1. The molecule has 0 aliphatic heterocycles. The van der Waals surface area contributed by atoms with Gasteiger partial charge in [-0.05, 0) is 58.7 Å². The van der Waals surface area contributed by atoms with E-state index in [1.54, 1.807) is 29.7 Å². The zero-order valence-electron chi connectivity index (χ0n) is 13.5. The van der Waals surface area contributed by atoms with Crippen LogP contribution >= 0.6 is 15.9 Å². The molecule has 0 aliphatic carbocycles. The molecule has 0 unspecified atom stereocenters. The predicted octanol–water partition coefficient (Wildman–Crippen LogP) is 2.88. The number of amides is 1. The largest absolute Gasteiger partial charge is 0.504 e. The number of carbonyl (C=O) groups excluding carboxylic acids is 1. The minimum atomic E-state index is -0.370. The Morgan fingerprint density at radius 1 is 1.40 bits per heavy atom. The number of pyridine rings is 1. The van der Waals surface area contributed by atoms with E-state index in [0.717, 1.165) is 4.47 Å². The van der Waals surface area contributed by atoms with Gasteiger partial charge < -0.3 is 9.84 Å². The van der Waals surface area contributed by atoms with Gasteiger partial charge in [-0.1, -0.05) is 0 Å². The van der Waals surface area contributed by atoms with E-state index in [1.807, 2.05) is 12.1 Å². The topological polar surface area (TPSA) is 88.2 Å². The summed E-state index contributed by atoms with van der Waals surface area (Å²) < 4.78 is 7.57. The van der Waals surface area contributed by atoms with Crippen LogP contribution in [0.25, 0.3) is 5.65 Å². The molecule has 2 heterocycles. The zero-order valence-corrected chi connectivity index (χ0v) is 15.1. The van der Waals surface area contributed by atoms with Crippen molar-refractivity contribution in [3.05, 3.63) is 58.0 Å². The quantitative estimate of drug-likeness (QED) is 0.518. The molecule has 8 heteroatoms. The predicted molar refractivity (Wildman–Crippen MR) is 97.3 cm³/mol. The summed E-state index contributed by atoms with van der Waals surface area (Å²) in [6.45, 7) is 1.77. The maximum atomic E-state index is 12.5. The number of hydrogen-bond acceptors (Lipinski definition) is 5. The number of rotatable bonds is 4. The lowest BCUT2D eigenvalue weighted by Crippen LogP contribution is -2.20. The highest BCUT2D eigenvalue weighted by molar-refractivity contribution is 9.10. The molecule has 3 aromatic rings. The van der Waals surface area contributed by atoms with E-state index < -0.39 is 0 Å². The lowest BCUT2D eigenvalue weighted by atomic mass is 10.2. The Balaban J connectivity index is 1.81. The van der Waals surface area contributed by atoms with Crippen molar-refractivity contribution in [1.82, 2.24) is 14.8 Å². The summed E-state index contributed by atoms with van der Waals surface area (Å²) in [5, 5.41) is 13.5. The summed E-state index contributed by atoms with van der Waals surface area (Å²) in [4.78, 5) is 16.8. The minimum absolute atomic E-state index is 0.0376. The molecule has 0 fully saturated rings. The minimum Gasteiger partial charge on any atom is -0.504 e. The molecule has 0 saturated heterocycles. The van der Waals surface area contributed by atoms with Gasteiger partial charge in [-0.2, -0.15) is 5.10 Å². The number of halogens is 1. The second-order valence-corrected chi connectivity index (χ2v) is 6.17. The average Bonchev–Trinajstić information content (AvgIpc) is 2.91. The van der Waals surface area contributed by atoms with Gasteiger partial charge >= 0.3 is 0 Å². The molecule has 3 rings (SSSR count). The van der Waals surface area contributed by atoms with Crippen LogP contribution in [0.2, 0.25) is 0 Å². The Bertz CT molecular complexity index is 981. The molecule has 1 aromatic carbocycles. The van der Waals surface area contributed by atoms with Crippen molar-refractivity contribution in [1.29, 1.82) is 0 Å². The van der Waals surface area contributed by atoms with Crippen LogP contribution in [0.5, 0.6) is 11.5 Å². The van der Waals surface area contributed by atoms with Crippen LogP contribution in [0, 0.1) is 6.92 Å². The third kappa shape index (κ3) is 3.48. The van der Waals surface area contributed by atoms with Crippen molar-refractivity contribution in [2.75, 3.05) is 7.11 Å². The standard InChI is InChI=1S/C17H15BrN4O3/c1-10-16(22-9-12(18)4-6-15(22)20-10)17(24)21-19-8-11-3-5-13(23)14(7-11)25-2/h3-9,23H,1-2H3,(H,21,24)/b19-8-. The molecule has 7 nitrogen and oxygen atoms in total. The Morgan fingerprint density at radius 2 is 2.20 bits per heavy atom. The van der Waals surface area contributed by atoms with Gasteiger partial charge in [-0.25, -0.2) is 10.4 Å². The number of aromatic nitrogens is 2. The molecule has 128 valence electrons. The number of methoxy groups -OCH3 is 1. The van der Waals surface area contributed by atoms with E-state index in [0.29, 0.717) is 28.3 Å². The van der Waals surface area contributed by atoms with Gasteiger partial charge in [0.25, 0.3) is 5.91 Å². The number of imidazole rings is 1. The highest BCUT2D eigenvalue weighted by Crippen LogP contribution is 2.25. The molecular formula is C17H15BrN4O3. The summed E-state index contributed by atoms with van der Waals surface area (Å²) in [6.07, 6.45) is 3.24. The summed E-state index contributed by atoms with van der Waals surface area (Å²) in [5.74, 6) is -0.00142. The fraction of sp³-hybridized carbons (Fsp3) is 0.118. The van der Waals surface area contributed by atoms with Crippen molar-refractivity contribution in [2.24, 2.45) is 5.10 Å². The molecule has 2 N–H and O–H groups in total. The number of nitrogens with zero attached hydrogens (tertiary/aromatic N) is 3. The molecule has 0 atom stereocenters. The van der Waals surface area contributed by atoms with Gasteiger partial charge in [-0.15, -0.1) is 0 Å². The summed E-state index contributed by atoms with van der Waals surface area (Å²) in [6, 6.07) is 8.44. The van der Waals surface area contributed by atoms with Crippen LogP contribution in [0.3, 0.4) is 0 Å². The SMILES string of the molecule is COc1cc(/C=N\NC(=O)c2c(C)nc3ccc(Br)cn23)ccc1O. The molecule has 25 heavy (non-hydrogen) atoms. The van der Waals surface area contributed by atoms with Crippen LogP contribution in [0.4, 0.5) is 0 Å². The molecule has 0 saturated carbocycles. The molecular weight excluding hydrogens is 388 g/mol. The highest BCUT2D eigenvalue weighted by Gasteiger charge is 2.16. The van der Waals surface area contributed by atoms with Gasteiger partial charge in [0.15, 0.2) is 11.5 Å². The number of benzene rings is 1. The third-order valence-corrected chi connectivity index (χ3v) is 4.02. The van der Waals surface area contributed by atoms with Crippen LogP contribution in [-0.4, -0.2) is 33.7 Å². The van der Waals surface area contributed by atoms with Crippen molar-refractivity contribution < 1.29 is 14.6 Å². The first-order valence-electron chi connectivity index (χ1n) is 7.34. The van der Waals surface area contributed by atoms with Gasteiger partial charge in [0.2, 0.25) is 0 Å². The van der Waals surface area contributed by atoms with Gasteiger partial charge in [0.1, 0.15) is 11.3 Å². The molecule has 0 radical (unpaired) electrons. The Labute approximate surface area is 152 Å². The van der Waals surface area contributed by atoms with E-state index in [2.05, 4.69) is 31.4 Å². The third-order valence-electron chi connectivity index (χ3n) is 3.56. The second kappa shape index (κ2) is 6.94. The van der Waals surface area contributed by atoms with Crippen molar-refractivity contribution >= 4 is 33.7 Å². The number of carbonyl (C=O) groups is 1. The maximum absolute atomic E-state index is 12.5. The fourth-order valence-corrected chi connectivity index (χ4v) is 2.74. The van der Waals surface area contributed by atoms with Crippen molar-refractivity contribution in [2.45, 2.75) is 6.92 Å². The maximum Gasteiger partial charge on any atom is 0.290 e. The lowest BCUT2D eigenvalue weighted by molar-refractivity contribution is 0.0948. The van der Waals surface area contributed by atoms with Crippen molar-refractivity contribution in [3.8, 4) is 11.5 Å². The normalized spacial score (nSPS) is 11.2. The Hall–Kier alpha value is -2.87. The van der Waals surface area contributed by atoms with E-state index in [9.17, 15) is 9.90 Å². The van der Waals surface area contributed by atoms with Crippen LogP contribution in [0.15, 0.2) is 46.1 Å². The molecule has 0 spiro atoms. The smallest absolute Gasteiger partial charge is 0.290 e. The van der Waals surface area contributed by atoms with E-state index in [1.165, 1.54) is 19.4 Å². The molecule has 2 aromatic heterocycles. The summed E-state index contributed by atoms with van der Waals surface area (Å²) >= 11 is 3.39. The number of aromatic hydroxyl groups is 1. The molecule has 0 aliphatic rings. The monoisotopic (exact) mass is 402 g/mol. The average molecular weight is 403 g/mol. The number of ether oxygens (including phenoxy) is 1. The first-order chi connectivity index (χ1) is 12.0. The summed E-state index contributed by atoms with van der Waals surface area (Å²) in [5.41, 5.74) is 4.86. The molecule has 0 bridgehead atoms. The Kier molecular flexibility index (Phi) is 4.71. The van der Waals surface area contributed by atoms with Crippen molar-refractivity contribution in [3.63, 3.8) is 0 Å². The summed E-state index contributed by atoms with van der Waals surface area (Å²) in [7, 11) is 1.46.